The summed E-state index contributed by atoms with van der Waals surface area (Å²) in [6, 6.07) is 14.4. The van der Waals surface area contributed by atoms with E-state index in [4.69, 9.17) is 11.6 Å². The van der Waals surface area contributed by atoms with E-state index >= 15 is 0 Å². The average Bonchev–Trinajstić information content (AvgIpc) is 2.64. The molecule has 0 unspecified atom stereocenters. The number of carbonyl (C=O) groups is 2. The van der Waals surface area contributed by atoms with Crippen LogP contribution in [0, 0.1) is 7.14 Å². The van der Waals surface area contributed by atoms with Gasteiger partial charge in [-0.25, -0.2) is 9.98 Å². The van der Waals surface area contributed by atoms with Gasteiger partial charge in [-0.2, -0.15) is 0 Å². The van der Waals surface area contributed by atoms with Crippen molar-refractivity contribution in [2.45, 2.75) is 0 Å². The van der Waals surface area contributed by atoms with Crippen LogP contribution in [0.2, 0.25) is 0 Å². The quantitative estimate of drug-likeness (QED) is 0.340. The van der Waals surface area contributed by atoms with Gasteiger partial charge in [0.1, 0.15) is 0 Å². The smallest absolute Gasteiger partial charge is 0.267 e. The normalized spacial score (nSPS) is 16.5. The topological polar surface area (TPSA) is 58.9 Å². The van der Waals surface area contributed by atoms with Gasteiger partial charge >= 0.3 is 0 Å². The lowest BCUT2D eigenvalue weighted by molar-refractivity contribution is 0.0993. The molecule has 0 N–H and O–H groups in total. The maximum atomic E-state index is 12.4. The maximum Gasteiger partial charge on any atom is 0.278 e. The molecule has 3 rings (SSSR count). The van der Waals surface area contributed by atoms with Crippen molar-refractivity contribution in [2.24, 2.45) is 9.98 Å². The van der Waals surface area contributed by atoms with E-state index in [9.17, 15) is 9.59 Å². The molecule has 0 bridgehead atoms. The van der Waals surface area contributed by atoms with Crippen molar-refractivity contribution in [1.29, 1.82) is 0 Å². The van der Waals surface area contributed by atoms with E-state index in [1.54, 1.807) is 36.4 Å². The molecule has 2 amide bonds. The molecule has 0 atom stereocenters. The van der Waals surface area contributed by atoms with Crippen LogP contribution in [-0.4, -0.2) is 23.2 Å². The SMILES string of the molecule is O=C(N=C1C=CC(=NC(=O)c2ccccc2I)C(Cl)=C1)c1ccccc1I. The lowest BCUT2D eigenvalue weighted by Gasteiger charge is -2.07. The second kappa shape index (κ2) is 9.03. The van der Waals surface area contributed by atoms with Crippen molar-refractivity contribution in [1.82, 2.24) is 0 Å². The third-order valence-electron chi connectivity index (χ3n) is 3.59. The molecule has 134 valence electrons. The third kappa shape index (κ3) is 4.99. The molecule has 0 heterocycles. The van der Waals surface area contributed by atoms with E-state index < -0.39 is 0 Å². The Bertz CT molecular complexity index is 1060. The predicted molar refractivity (Wildman–Crippen MR) is 125 cm³/mol. The van der Waals surface area contributed by atoms with Gasteiger partial charge in [0.25, 0.3) is 11.8 Å². The minimum absolute atomic E-state index is 0.256. The molecule has 0 fully saturated rings. The summed E-state index contributed by atoms with van der Waals surface area (Å²) >= 11 is 10.4. The summed E-state index contributed by atoms with van der Waals surface area (Å²) in [6.45, 7) is 0. The second-order valence-electron chi connectivity index (χ2n) is 5.43. The molecule has 0 aromatic heterocycles. The highest BCUT2D eigenvalue weighted by Gasteiger charge is 2.15. The first-order valence-corrected chi connectivity index (χ1v) is 10.3. The van der Waals surface area contributed by atoms with Crippen LogP contribution in [0.3, 0.4) is 0 Å². The Hall–Kier alpha value is -1.65. The Labute approximate surface area is 188 Å². The fourth-order valence-corrected chi connectivity index (χ4v) is 3.73. The number of rotatable bonds is 2. The molecule has 0 saturated heterocycles. The summed E-state index contributed by atoms with van der Waals surface area (Å²) in [5, 5.41) is 0.256. The van der Waals surface area contributed by atoms with Gasteiger partial charge in [0.05, 0.1) is 27.6 Å². The van der Waals surface area contributed by atoms with Crippen LogP contribution in [0.1, 0.15) is 20.7 Å². The van der Waals surface area contributed by atoms with Crippen LogP contribution >= 0.6 is 56.8 Å². The fraction of sp³-hybridized carbons (Fsp3) is 0. The van der Waals surface area contributed by atoms with Gasteiger partial charge in [-0.3, -0.25) is 9.59 Å². The monoisotopic (exact) mass is 600 g/mol. The minimum Gasteiger partial charge on any atom is -0.267 e. The van der Waals surface area contributed by atoms with Crippen LogP contribution in [0.5, 0.6) is 0 Å². The van der Waals surface area contributed by atoms with Crippen molar-refractivity contribution < 1.29 is 9.59 Å². The first kappa shape index (κ1) is 20.1. The molecule has 1 aliphatic carbocycles. The van der Waals surface area contributed by atoms with E-state index in [0.717, 1.165) is 7.14 Å². The second-order valence-corrected chi connectivity index (χ2v) is 8.16. The molecule has 2 aromatic carbocycles. The molecule has 2 aromatic rings. The number of hydrogen-bond donors (Lipinski definition) is 0. The van der Waals surface area contributed by atoms with E-state index in [-0.39, 0.29) is 16.8 Å². The van der Waals surface area contributed by atoms with Gasteiger partial charge < -0.3 is 0 Å². The van der Waals surface area contributed by atoms with Gasteiger partial charge in [-0.05, 0) is 87.7 Å². The number of halogens is 3. The molecule has 7 heteroatoms. The first-order chi connectivity index (χ1) is 13.0. The molecule has 4 nitrogen and oxygen atoms in total. The van der Waals surface area contributed by atoms with Crippen molar-refractivity contribution in [3.63, 3.8) is 0 Å². The first-order valence-electron chi connectivity index (χ1n) is 7.76. The summed E-state index contributed by atoms with van der Waals surface area (Å²) in [6.07, 6.45) is 4.72. The Morgan fingerprint density at radius 3 is 1.81 bits per heavy atom. The molecule has 0 saturated carbocycles. The Morgan fingerprint density at radius 1 is 0.778 bits per heavy atom. The molecular weight excluding hydrogens is 589 g/mol. The van der Waals surface area contributed by atoms with Crippen LogP contribution in [0.25, 0.3) is 0 Å². The van der Waals surface area contributed by atoms with Crippen molar-refractivity contribution in [2.75, 3.05) is 0 Å². The third-order valence-corrected chi connectivity index (χ3v) is 5.78. The average molecular weight is 601 g/mol. The van der Waals surface area contributed by atoms with Crippen LogP contribution in [0.15, 0.2) is 81.8 Å². The summed E-state index contributed by atoms with van der Waals surface area (Å²) in [4.78, 5) is 32.9. The summed E-state index contributed by atoms with van der Waals surface area (Å²) in [5.74, 6) is -0.725. The largest absolute Gasteiger partial charge is 0.278 e. The molecule has 0 aliphatic heterocycles. The molecule has 0 radical (unpaired) electrons. The number of amides is 2. The van der Waals surface area contributed by atoms with Gasteiger partial charge in [-0.1, -0.05) is 35.9 Å². The number of aliphatic imine (C=N–C) groups is 2. The van der Waals surface area contributed by atoms with Gasteiger partial charge in [0.2, 0.25) is 0 Å². The molecular formula is C20H11ClI2N2O2. The summed E-state index contributed by atoms with van der Waals surface area (Å²) in [7, 11) is 0. The van der Waals surface area contributed by atoms with Gasteiger partial charge in [0, 0.05) is 7.14 Å². The minimum atomic E-state index is -0.374. The Balaban J connectivity index is 1.83. The highest BCUT2D eigenvalue weighted by molar-refractivity contribution is 14.1. The molecule has 0 spiro atoms. The van der Waals surface area contributed by atoms with E-state index in [1.807, 2.05) is 24.3 Å². The number of carbonyl (C=O) groups excluding carboxylic acids is 2. The number of allylic oxidation sites excluding steroid dienone is 4. The van der Waals surface area contributed by atoms with Crippen molar-refractivity contribution >= 4 is 80.0 Å². The molecule has 1 aliphatic rings. The lowest BCUT2D eigenvalue weighted by atomic mass is 10.1. The maximum absolute atomic E-state index is 12.4. The molecule has 27 heavy (non-hydrogen) atoms. The van der Waals surface area contributed by atoms with Crippen molar-refractivity contribution in [3.05, 3.63) is 90.1 Å². The van der Waals surface area contributed by atoms with Crippen LogP contribution in [0.4, 0.5) is 0 Å². The zero-order valence-electron chi connectivity index (χ0n) is 13.7. The number of benzene rings is 2. The van der Waals surface area contributed by atoms with E-state index in [2.05, 4.69) is 55.2 Å². The highest BCUT2D eigenvalue weighted by atomic mass is 127. The number of hydrogen-bond acceptors (Lipinski definition) is 2. The zero-order chi connectivity index (χ0) is 19.4. The lowest BCUT2D eigenvalue weighted by Crippen LogP contribution is -2.10. The highest BCUT2D eigenvalue weighted by Crippen LogP contribution is 2.18. The predicted octanol–water partition coefficient (Wildman–Crippen LogP) is 5.45. The fourth-order valence-electron chi connectivity index (χ4n) is 2.27. The van der Waals surface area contributed by atoms with E-state index in [0.29, 0.717) is 22.6 Å². The number of nitrogens with zero attached hydrogens (tertiary/aromatic N) is 2. The van der Waals surface area contributed by atoms with Crippen LogP contribution < -0.4 is 0 Å². The standard InChI is InChI=1S/C20H11ClI2N2O2/c21-15-11-12(24-19(26)13-5-1-3-7-16(13)22)9-10-18(15)25-20(27)14-6-2-4-8-17(14)23/h1-11H. The summed E-state index contributed by atoms with van der Waals surface area (Å²) in [5.41, 5.74) is 1.78. The van der Waals surface area contributed by atoms with Crippen molar-refractivity contribution in [3.8, 4) is 0 Å². The zero-order valence-corrected chi connectivity index (χ0v) is 18.8. The Morgan fingerprint density at radius 2 is 1.30 bits per heavy atom. The van der Waals surface area contributed by atoms with E-state index in [1.165, 1.54) is 6.08 Å². The van der Waals surface area contributed by atoms with Crippen LogP contribution in [-0.2, 0) is 0 Å². The summed E-state index contributed by atoms with van der Waals surface area (Å²) < 4.78 is 1.64. The Kier molecular flexibility index (Phi) is 6.72. The van der Waals surface area contributed by atoms with Gasteiger partial charge in [0.15, 0.2) is 0 Å². The van der Waals surface area contributed by atoms with Gasteiger partial charge in [-0.15, -0.1) is 0 Å².